The molecule has 0 radical (unpaired) electrons. The molecular formula is C25H36N6. The molecule has 0 fully saturated rings. The average Bonchev–Trinajstić information content (AvgIpc) is 2.61. The molecule has 6 heteroatoms. The summed E-state index contributed by atoms with van der Waals surface area (Å²) in [7, 11) is 0. The normalized spacial score (nSPS) is 17.8. The first-order valence-corrected chi connectivity index (χ1v) is 10.6. The van der Waals surface area contributed by atoms with Crippen molar-refractivity contribution >= 4 is 5.84 Å². The van der Waals surface area contributed by atoms with Crippen molar-refractivity contribution in [2.75, 3.05) is 0 Å². The molecule has 1 aliphatic heterocycles. The Bertz CT molecular complexity index is 976. The van der Waals surface area contributed by atoms with Gasteiger partial charge >= 0.3 is 0 Å². The number of allylic oxidation sites excluding steroid dienone is 1. The zero-order chi connectivity index (χ0) is 23.9. The molecular weight excluding hydrogens is 384 g/mol. The number of hydrogen-bond acceptors (Lipinski definition) is 6. The summed E-state index contributed by atoms with van der Waals surface area (Å²) < 4.78 is 0. The van der Waals surface area contributed by atoms with Gasteiger partial charge in [0.1, 0.15) is 17.7 Å². The summed E-state index contributed by atoms with van der Waals surface area (Å²) in [5.41, 5.74) is 16.9. The van der Waals surface area contributed by atoms with Gasteiger partial charge in [-0.1, -0.05) is 74.4 Å². The Morgan fingerprint density at radius 3 is 1.74 bits per heavy atom. The van der Waals surface area contributed by atoms with Gasteiger partial charge in [-0.3, -0.25) is 0 Å². The third-order valence-corrected chi connectivity index (χ3v) is 5.67. The minimum absolute atomic E-state index is 0.0111. The van der Waals surface area contributed by atoms with Crippen molar-refractivity contribution in [3.05, 3.63) is 45.9 Å². The van der Waals surface area contributed by atoms with Crippen LogP contribution in [0.2, 0.25) is 0 Å². The Morgan fingerprint density at radius 2 is 1.39 bits per heavy atom. The number of benzene rings is 1. The van der Waals surface area contributed by atoms with E-state index in [1.165, 1.54) is 16.7 Å². The first kappa shape index (κ1) is 24.3. The molecule has 1 aliphatic rings. The first-order valence-electron chi connectivity index (χ1n) is 10.6. The Hall–Kier alpha value is -2.99. The van der Waals surface area contributed by atoms with E-state index in [1.54, 1.807) is 4.90 Å². The second-order valence-electron chi connectivity index (χ2n) is 11.3. The maximum absolute atomic E-state index is 9.78. The number of aliphatic imine (C=N–C) groups is 1. The Morgan fingerprint density at radius 1 is 0.903 bits per heavy atom. The van der Waals surface area contributed by atoms with E-state index in [0.29, 0.717) is 6.54 Å². The third-order valence-electron chi connectivity index (χ3n) is 5.67. The summed E-state index contributed by atoms with van der Waals surface area (Å²) in [5.74, 6) is 0.275. The van der Waals surface area contributed by atoms with Crippen LogP contribution in [0, 0.1) is 22.7 Å². The van der Waals surface area contributed by atoms with Gasteiger partial charge in [0.2, 0.25) is 0 Å². The molecule has 1 atom stereocenters. The van der Waals surface area contributed by atoms with E-state index in [2.05, 4.69) is 85.5 Å². The number of nitrogens with zero attached hydrogens (tertiary/aromatic N) is 4. The summed E-state index contributed by atoms with van der Waals surface area (Å²) in [6.45, 7) is 20.2. The molecule has 0 aromatic heterocycles. The van der Waals surface area contributed by atoms with Crippen molar-refractivity contribution in [2.45, 2.75) is 91.1 Å². The minimum atomic E-state index is -0.819. The van der Waals surface area contributed by atoms with Crippen LogP contribution in [0.4, 0.5) is 0 Å². The predicted octanol–water partition coefficient (Wildman–Crippen LogP) is 4.30. The van der Waals surface area contributed by atoms with Crippen LogP contribution in [-0.2, 0) is 22.8 Å². The Balaban J connectivity index is 2.84. The topological polar surface area (TPSA) is 115 Å². The lowest BCUT2D eigenvalue weighted by molar-refractivity contribution is 0.318. The summed E-state index contributed by atoms with van der Waals surface area (Å²) in [5, 5.41) is 19.2. The standard InChI is InChI=1S/C25H36N6/c1-23(2,3)15-10-17(24(4,5)6)16(18(11-15)25(7,8)9)14-31-20(13-27)21(28)30-19(12-26)22(31)29/h10-11,20H,14,29H2,1-9H3,(H2,28,30). The fourth-order valence-corrected chi connectivity index (χ4v) is 3.86. The van der Waals surface area contributed by atoms with Crippen molar-refractivity contribution in [1.29, 1.82) is 10.5 Å². The highest BCUT2D eigenvalue weighted by molar-refractivity contribution is 5.90. The van der Waals surface area contributed by atoms with Gasteiger partial charge in [0.25, 0.3) is 0 Å². The summed E-state index contributed by atoms with van der Waals surface area (Å²) in [6.07, 6.45) is 0. The SMILES string of the molecule is CC(C)(C)c1cc(C(C)(C)C)c(CN2C(N)=C(C#N)N=C(N)C2C#N)c(C(C)(C)C)c1. The van der Waals surface area contributed by atoms with Crippen molar-refractivity contribution < 1.29 is 0 Å². The fourth-order valence-electron chi connectivity index (χ4n) is 3.86. The molecule has 0 spiro atoms. The van der Waals surface area contributed by atoms with E-state index in [-0.39, 0.29) is 33.6 Å². The molecule has 4 N–H and O–H groups in total. The number of nitriles is 2. The predicted molar refractivity (Wildman–Crippen MR) is 126 cm³/mol. The van der Waals surface area contributed by atoms with Crippen LogP contribution in [0.1, 0.15) is 84.6 Å². The van der Waals surface area contributed by atoms with Crippen molar-refractivity contribution in [3.8, 4) is 12.1 Å². The molecule has 0 saturated heterocycles. The van der Waals surface area contributed by atoms with Crippen LogP contribution in [0.25, 0.3) is 0 Å². The lowest BCUT2D eigenvalue weighted by atomic mass is 9.72. The van der Waals surface area contributed by atoms with E-state index in [4.69, 9.17) is 11.5 Å². The monoisotopic (exact) mass is 420 g/mol. The molecule has 31 heavy (non-hydrogen) atoms. The number of rotatable bonds is 2. The number of hydrogen-bond donors (Lipinski definition) is 2. The van der Waals surface area contributed by atoms with Gasteiger partial charge < -0.3 is 16.4 Å². The molecule has 0 saturated carbocycles. The van der Waals surface area contributed by atoms with Gasteiger partial charge in [-0.2, -0.15) is 10.5 Å². The molecule has 1 aromatic rings. The minimum Gasteiger partial charge on any atom is -0.384 e. The van der Waals surface area contributed by atoms with Gasteiger partial charge in [0, 0.05) is 6.54 Å². The zero-order valence-corrected chi connectivity index (χ0v) is 20.4. The highest BCUT2D eigenvalue weighted by Gasteiger charge is 2.34. The van der Waals surface area contributed by atoms with E-state index >= 15 is 0 Å². The quantitative estimate of drug-likeness (QED) is 0.740. The molecule has 6 nitrogen and oxygen atoms in total. The molecule has 0 aliphatic carbocycles. The molecule has 1 heterocycles. The second-order valence-corrected chi connectivity index (χ2v) is 11.3. The van der Waals surface area contributed by atoms with E-state index in [1.807, 2.05) is 6.07 Å². The van der Waals surface area contributed by atoms with Crippen LogP contribution >= 0.6 is 0 Å². The van der Waals surface area contributed by atoms with Crippen LogP contribution in [0.15, 0.2) is 28.6 Å². The molecule has 0 bridgehead atoms. The first-order chi connectivity index (χ1) is 14.0. The largest absolute Gasteiger partial charge is 0.384 e. The molecule has 2 rings (SSSR count). The van der Waals surface area contributed by atoms with Gasteiger partial charge in [0.05, 0.1) is 6.07 Å². The fraction of sp³-hybridized carbons (Fsp3) is 0.560. The molecule has 1 unspecified atom stereocenters. The van der Waals surface area contributed by atoms with Crippen LogP contribution < -0.4 is 11.5 Å². The highest BCUT2D eigenvalue weighted by Crippen LogP contribution is 2.39. The molecule has 166 valence electrons. The van der Waals surface area contributed by atoms with E-state index in [9.17, 15) is 10.5 Å². The molecule has 1 aromatic carbocycles. The van der Waals surface area contributed by atoms with E-state index < -0.39 is 6.04 Å². The van der Waals surface area contributed by atoms with Gasteiger partial charge in [-0.15, -0.1) is 0 Å². The molecule has 0 amide bonds. The Labute approximate surface area is 187 Å². The van der Waals surface area contributed by atoms with Crippen LogP contribution in [0.3, 0.4) is 0 Å². The maximum Gasteiger partial charge on any atom is 0.182 e. The number of nitrogens with two attached hydrogens (primary N) is 2. The lowest BCUT2D eigenvalue weighted by Crippen LogP contribution is -2.48. The number of amidine groups is 1. The zero-order valence-electron chi connectivity index (χ0n) is 20.4. The van der Waals surface area contributed by atoms with E-state index in [0.717, 1.165) is 5.56 Å². The van der Waals surface area contributed by atoms with Crippen LogP contribution in [0.5, 0.6) is 0 Å². The second kappa shape index (κ2) is 7.93. The Kier molecular flexibility index (Phi) is 6.21. The summed E-state index contributed by atoms with van der Waals surface area (Å²) in [6, 6.07) is 7.93. The summed E-state index contributed by atoms with van der Waals surface area (Å²) in [4.78, 5) is 5.74. The van der Waals surface area contributed by atoms with Crippen LogP contribution in [-0.4, -0.2) is 16.8 Å². The lowest BCUT2D eigenvalue weighted by Gasteiger charge is -2.38. The maximum atomic E-state index is 9.78. The summed E-state index contributed by atoms with van der Waals surface area (Å²) >= 11 is 0. The van der Waals surface area contributed by atoms with Gasteiger partial charge in [-0.05, 0) is 38.5 Å². The van der Waals surface area contributed by atoms with Crippen molar-refractivity contribution in [1.82, 2.24) is 4.90 Å². The average molecular weight is 421 g/mol. The van der Waals surface area contributed by atoms with Gasteiger partial charge in [0.15, 0.2) is 11.7 Å². The third kappa shape index (κ3) is 4.85. The van der Waals surface area contributed by atoms with Gasteiger partial charge in [-0.25, -0.2) is 4.99 Å². The van der Waals surface area contributed by atoms with Crippen molar-refractivity contribution in [3.63, 3.8) is 0 Å². The van der Waals surface area contributed by atoms with Crippen molar-refractivity contribution in [2.24, 2.45) is 16.5 Å². The smallest absolute Gasteiger partial charge is 0.182 e. The highest BCUT2D eigenvalue weighted by atomic mass is 15.3.